The van der Waals surface area contributed by atoms with Gasteiger partial charge in [-0.25, -0.2) is 23.4 Å². The Morgan fingerprint density at radius 2 is 2.00 bits per heavy atom. The monoisotopic (exact) mass is 582 g/mol. The van der Waals surface area contributed by atoms with Gasteiger partial charge in [-0.3, -0.25) is 4.79 Å². The molecule has 2 aliphatic heterocycles. The van der Waals surface area contributed by atoms with E-state index in [1.54, 1.807) is 37.6 Å². The molecule has 218 valence electrons. The van der Waals surface area contributed by atoms with Crippen LogP contribution < -0.4 is 25.0 Å². The summed E-state index contributed by atoms with van der Waals surface area (Å²) < 4.78 is 42.5. The van der Waals surface area contributed by atoms with E-state index < -0.39 is 15.4 Å². The molecule has 0 bridgehead atoms. The highest BCUT2D eigenvalue weighted by Crippen LogP contribution is 2.38. The number of sulfone groups is 1. The van der Waals surface area contributed by atoms with Gasteiger partial charge in [0.05, 0.1) is 24.0 Å². The molecule has 2 N–H and O–H groups in total. The van der Waals surface area contributed by atoms with E-state index in [4.69, 9.17) is 14.2 Å². The Morgan fingerprint density at radius 3 is 2.73 bits per heavy atom. The first kappa shape index (κ1) is 28.6. The fourth-order valence-electron chi connectivity index (χ4n) is 4.93. The highest BCUT2D eigenvalue weighted by molar-refractivity contribution is 7.90. The Labute approximate surface area is 239 Å². The van der Waals surface area contributed by atoms with Gasteiger partial charge in [-0.05, 0) is 44.9 Å². The predicted octanol–water partition coefficient (Wildman–Crippen LogP) is 3.81. The zero-order chi connectivity index (χ0) is 29.4. The van der Waals surface area contributed by atoms with Gasteiger partial charge >= 0.3 is 0 Å². The van der Waals surface area contributed by atoms with Crippen LogP contribution in [-0.2, 0) is 19.4 Å². The van der Waals surface area contributed by atoms with E-state index in [1.807, 2.05) is 19.9 Å². The molecule has 1 amide bonds. The van der Waals surface area contributed by atoms with Gasteiger partial charge in [-0.1, -0.05) is 0 Å². The van der Waals surface area contributed by atoms with E-state index in [9.17, 15) is 13.2 Å². The topological polar surface area (TPSA) is 145 Å². The fraction of sp³-hybridized carbons (Fsp3) is 0.429. The highest BCUT2D eigenvalue weighted by Gasteiger charge is 2.30. The first-order valence-corrected chi connectivity index (χ1v) is 15.2. The van der Waals surface area contributed by atoms with Crippen LogP contribution in [0.15, 0.2) is 41.6 Å². The van der Waals surface area contributed by atoms with E-state index in [2.05, 4.69) is 30.5 Å². The number of rotatable bonds is 8. The van der Waals surface area contributed by atoms with Crippen LogP contribution in [0.3, 0.4) is 0 Å². The predicted molar refractivity (Wildman–Crippen MR) is 155 cm³/mol. The molecule has 1 atom stereocenters. The van der Waals surface area contributed by atoms with Crippen molar-refractivity contribution in [3.8, 4) is 22.9 Å². The lowest BCUT2D eigenvalue weighted by Gasteiger charge is -2.31. The van der Waals surface area contributed by atoms with Crippen molar-refractivity contribution in [3.63, 3.8) is 0 Å². The van der Waals surface area contributed by atoms with E-state index in [0.717, 1.165) is 31.3 Å². The largest absolute Gasteiger partial charge is 0.479 e. The van der Waals surface area contributed by atoms with Crippen molar-refractivity contribution in [2.45, 2.75) is 50.3 Å². The third-order valence-electron chi connectivity index (χ3n) is 6.75. The molecule has 0 aliphatic carbocycles. The zero-order valence-corrected chi connectivity index (χ0v) is 24.5. The van der Waals surface area contributed by atoms with Crippen LogP contribution in [-0.4, -0.2) is 74.0 Å². The van der Waals surface area contributed by atoms with Crippen LogP contribution in [0.25, 0.3) is 11.3 Å². The summed E-state index contributed by atoms with van der Waals surface area (Å²) in [5.74, 6) is 1.23. The highest BCUT2D eigenvalue weighted by atomic mass is 32.2. The van der Waals surface area contributed by atoms with Crippen molar-refractivity contribution in [1.82, 2.24) is 15.0 Å². The second-order valence-corrected chi connectivity index (χ2v) is 12.8. The molecule has 3 aromatic rings. The van der Waals surface area contributed by atoms with Crippen molar-refractivity contribution in [2.75, 3.05) is 48.7 Å². The fourth-order valence-corrected chi connectivity index (χ4v) is 5.53. The summed E-state index contributed by atoms with van der Waals surface area (Å²) in [6.45, 7) is 6.89. The molecule has 0 saturated carbocycles. The number of aromatic nitrogens is 3. The molecule has 0 radical (unpaired) electrons. The molecule has 0 aromatic carbocycles. The van der Waals surface area contributed by atoms with Crippen LogP contribution in [0.5, 0.6) is 11.6 Å². The number of hydrogen-bond acceptors (Lipinski definition) is 11. The van der Waals surface area contributed by atoms with Crippen molar-refractivity contribution in [1.29, 1.82) is 0 Å². The maximum absolute atomic E-state index is 12.6. The number of hydrogen-bond donors (Lipinski definition) is 2. The van der Waals surface area contributed by atoms with Gasteiger partial charge in [0.25, 0.3) is 5.88 Å². The second kappa shape index (κ2) is 11.1. The van der Waals surface area contributed by atoms with Gasteiger partial charge in [0, 0.05) is 56.4 Å². The standard InChI is InChI=1S/C28H34N6O6S/c1-17(35)30-24-13-22(20(14-29-24)21-8-9-23-27(32-21)39-16-28(2,3)40-23)31-25-11-19(12-26(33-25)41(5,36)37)34-10-6-7-18(34)15-38-4/h8-9,11-14,18H,6-7,10,15-16H2,1-5H3,(H2,29,30,31,33,35)/t18-/m0/s1. The number of fused-ring (bicyclic) bond motifs is 1. The summed E-state index contributed by atoms with van der Waals surface area (Å²) in [4.78, 5) is 27.4. The number of carbonyl (C=O) groups is 1. The van der Waals surface area contributed by atoms with Gasteiger partial charge in [-0.15, -0.1) is 0 Å². The van der Waals surface area contributed by atoms with Gasteiger partial charge in [0.15, 0.2) is 20.6 Å². The maximum Gasteiger partial charge on any atom is 0.257 e. The number of nitrogens with zero attached hydrogens (tertiary/aromatic N) is 4. The Bertz CT molecular complexity index is 1580. The SMILES string of the molecule is COC[C@@H]1CCCN1c1cc(Nc2cc(NC(C)=O)ncc2-c2ccc3c(n2)OCC(C)(C)O3)nc(S(C)(=O)=O)c1. The lowest BCUT2D eigenvalue weighted by atomic mass is 10.1. The number of pyridine rings is 3. The number of nitrogens with one attached hydrogen (secondary N) is 2. The average molecular weight is 583 g/mol. The number of amides is 1. The quantitative estimate of drug-likeness (QED) is 0.400. The molecule has 0 unspecified atom stereocenters. The number of ether oxygens (including phenoxy) is 3. The number of methoxy groups -OCH3 is 1. The van der Waals surface area contributed by atoms with E-state index in [-0.39, 0.29) is 17.0 Å². The summed E-state index contributed by atoms with van der Waals surface area (Å²) in [5, 5.41) is 5.89. The van der Waals surface area contributed by atoms with Crippen molar-refractivity contribution < 1.29 is 27.4 Å². The molecule has 0 spiro atoms. The Kier molecular flexibility index (Phi) is 7.75. The molecule has 5 heterocycles. The third kappa shape index (κ3) is 6.51. The lowest BCUT2D eigenvalue weighted by molar-refractivity contribution is -0.114. The Hall–Kier alpha value is -3.97. The first-order valence-electron chi connectivity index (χ1n) is 13.3. The van der Waals surface area contributed by atoms with E-state index in [0.29, 0.717) is 53.4 Å². The van der Waals surface area contributed by atoms with Crippen molar-refractivity contribution >= 4 is 38.8 Å². The van der Waals surface area contributed by atoms with E-state index >= 15 is 0 Å². The summed E-state index contributed by atoms with van der Waals surface area (Å²) in [5.41, 5.74) is 1.88. The Balaban J connectivity index is 1.57. The molecule has 13 heteroatoms. The van der Waals surface area contributed by atoms with Crippen molar-refractivity contribution in [2.24, 2.45) is 0 Å². The van der Waals surface area contributed by atoms with Crippen LogP contribution in [0.1, 0.15) is 33.6 Å². The lowest BCUT2D eigenvalue weighted by Crippen LogP contribution is -2.39. The van der Waals surface area contributed by atoms with Gasteiger partial charge in [-0.2, -0.15) is 0 Å². The second-order valence-electron chi connectivity index (χ2n) is 10.8. The summed E-state index contributed by atoms with van der Waals surface area (Å²) in [6.07, 6.45) is 4.61. The maximum atomic E-state index is 12.6. The molecular weight excluding hydrogens is 548 g/mol. The smallest absolute Gasteiger partial charge is 0.257 e. The van der Waals surface area contributed by atoms with Gasteiger partial charge in [0.1, 0.15) is 23.8 Å². The minimum absolute atomic E-state index is 0.0571. The van der Waals surface area contributed by atoms with Gasteiger partial charge in [0.2, 0.25) is 5.91 Å². The molecule has 41 heavy (non-hydrogen) atoms. The van der Waals surface area contributed by atoms with Crippen LogP contribution in [0, 0.1) is 0 Å². The normalized spacial score (nSPS) is 17.8. The molecule has 2 aliphatic rings. The average Bonchev–Trinajstić information content (AvgIpc) is 3.36. The number of carbonyl (C=O) groups excluding carboxylic acids is 1. The van der Waals surface area contributed by atoms with Gasteiger partial charge < -0.3 is 29.7 Å². The first-order chi connectivity index (χ1) is 19.4. The third-order valence-corrected chi connectivity index (χ3v) is 7.72. The minimum atomic E-state index is -3.63. The Morgan fingerprint density at radius 1 is 1.20 bits per heavy atom. The van der Waals surface area contributed by atoms with E-state index in [1.165, 1.54) is 6.92 Å². The van der Waals surface area contributed by atoms with Crippen molar-refractivity contribution in [3.05, 3.63) is 36.5 Å². The molecular formula is C28H34N6O6S. The zero-order valence-electron chi connectivity index (χ0n) is 23.7. The van der Waals surface area contributed by atoms with Crippen LogP contribution in [0.4, 0.5) is 23.0 Å². The molecule has 1 saturated heterocycles. The van der Waals surface area contributed by atoms with Crippen LogP contribution >= 0.6 is 0 Å². The molecule has 1 fully saturated rings. The number of anilines is 4. The molecule has 12 nitrogen and oxygen atoms in total. The summed E-state index contributed by atoms with van der Waals surface area (Å²) in [7, 11) is -1.97. The minimum Gasteiger partial charge on any atom is -0.479 e. The molecule has 3 aromatic heterocycles. The molecule has 5 rings (SSSR count). The summed E-state index contributed by atoms with van der Waals surface area (Å²) >= 11 is 0. The van der Waals surface area contributed by atoms with Crippen LogP contribution in [0.2, 0.25) is 0 Å². The summed E-state index contributed by atoms with van der Waals surface area (Å²) in [6, 6.07) is 8.75.